The highest BCUT2D eigenvalue weighted by molar-refractivity contribution is 7.89. The van der Waals surface area contributed by atoms with Crippen molar-refractivity contribution in [2.45, 2.75) is 43.7 Å². The molecule has 4 heterocycles. The van der Waals surface area contributed by atoms with E-state index < -0.39 is 10.0 Å². The molecule has 2 N–H and O–H groups in total. The normalized spacial score (nSPS) is 18.2. The molecule has 0 radical (unpaired) electrons. The molecule has 0 amide bonds. The second kappa shape index (κ2) is 9.79. The summed E-state index contributed by atoms with van der Waals surface area (Å²) in [5.74, 6) is 0.839. The molecular formula is C25H31N7O3S. The molecule has 1 aromatic carbocycles. The summed E-state index contributed by atoms with van der Waals surface area (Å²) in [4.78, 5) is 11.1. The van der Waals surface area contributed by atoms with Crippen molar-refractivity contribution in [3.63, 3.8) is 0 Å². The van der Waals surface area contributed by atoms with Crippen molar-refractivity contribution in [1.29, 1.82) is 0 Å². The maximum absolute atomic E-state index is 12.7. The van der Waals surface area contributed by atoms with E-state index in [1.165, 1.54) is 28.3 Å². The Bertz CT molecular complexity index is 1350. The van der Waals surface area contributed by atoms with E-state index in [0.717, 1.165) is 62.1 Å². The molecule has 3 aliphatic rings. The van der Waals surface area contributed by atoms with Crippen molar-refractivity contribution in [3.05, 3.63) is 41.6 Å². The Kier molecular flexibility index (Phi) is 6.36. The summed E-state index contributed by atoms with van der Waals surface area (Å²) in [6.45, 7) is 4.84. The van der Waals surface area contributed by atoms with Crippen LogP contribution < -0.4 is 10.1 Å². The number of ether oxygens (including phenoxy) is 1. The predicted octanol–water partition coefficient (Wildman–Crippen LogP) is 2.97. The van der Waals surface area contributed by atoms with Crippen LogP contribution in [0.5, 0.6) is 5.88 Å². The van der Waals surface area contributed by atoms with E-state index in [9.17, 15) is 8.42 Å². The molecule has 190 valence electrons. The van der Waals surface area contributed by atoms with E-state index >= 15 is 0 Å². The lowest BCUT2D eigenvalue weighted by Crippen LogP contribution is -2.42. The number of hydrogen-bond acceptors (Lipinski definition) is 8. The largest absolute Gasteiger partial charge is 0.476 e. The zero-order valence-corrected chi connectivity index (χ0v) is 21.1. The molecule has 2 fully saturated rings. The van der Waals surface area contributed by atoms with Crippen LogP contribution in [-0.2, 0) is 22.9 Å². The zero-order chi connectivity index (χ0) is 24.5. The number of pyridine rings is 1. The van der Waals surface area contributed by atoms with Gasteiger partial charge in [-0.25, -0.2) is 18.5 Å². The summed E-state index contributed by atoms with van der Waals surface area (Å²) in [6, 6.07) is 8.20. The number of fused-ring (bicyclic) bond motifs is 1. The Labute approximate surface area is 211 Å². The lowest BCUT2D eigenvalue weighted by atomic mass is 9.98. The van der Waals surface area contributed by atoms with Crippen LogP contribution in [0.25, 0.3) is 11.1 Å². The molecule has 3 aromatic rings. The van der Waals surface area contributed by atoms with Gasteiger partial charge in [0.05, 0.1) is 5.69 Å². The Hall–Kier alpha value is -3.02. The first-order valence-electron chi connectivity index (χ1n) is 12.7. The second-order valence-corrected chi connectivity index (χ2v) is 11.5. The predicted molar refractivity (Wildman–Crippen MR) is 136 cm³/mol. The number of likely N-dealkylation sites (tertiary alicyclic amines) is 1. The van der Waals surface area contributed by atoms with Gasteiger partial charge in [-0.05, 0) is 74.4 Å². The van der Waals surface area contributed by atoms with Crippen molar-refractivity contribution in [2.24, 2.45) is 0 Å². The number of rotatable bonds is 9. The summed E-state index contributed by atoms with van der Waals surface area (Å²) in [5.41, 5.74) is 5.38. The lowest BCUT2D eigenvalue weighted by Gasteiger charge is -2.28. The molecule has 11 heteroatoms. The van der Waals surface area contributed by atoms with E-state index in [1.54, 1.807) is 6.20 Å². The number of benzene rings is 1. The quantitative estimate of drug-likeness (QED) is 0.452. The molecule has 1 aliphatic carbocycles. The third-order valence-electron chi connectivity index (χ3n) is 7.29. The van der Waals surface area contributed by atoms with Crippen molar-refractivity contribution in [1.82, 2.24) is 29.4 Å². The first-order chi connectivity index (χ1) is 17.6. The Balaban J connectivity index is 1.26. The molecule has 36 heavy (non-hydrogen) atoms. The Morgan fingerprint density at radius 2 is 1.89 bits per heavy atom. The van der Waals surface area contributed by atoms with Gasteiger partial charge in [0.25, 0.3) is 15.2 Å². The van der Waals surface area contributed by atoms with Crippen molar-refractivity contribution < 1.29 is 13.2 Å². The number of aryl methyl sites for hydroxylation is 1. The van der Waals surface area contributed by atoms with Crippen LogP contribution in [0.3, 0.4) is 0 Å². The Morgan fingerprint density at radius 3 is 2.69 bits per heavy atom. The maximum atomic E-state index is 12.7. The number of anilines is 2. The summed E-state index contributed by atoms with van der Waals surface area (Å²) < 4.78 is 32.8. The summed E-state index contributed by atoms with van der Waals surface area (Å²) in [6.07, 6.45) is 8.21. The van der Waals surface area contributed by atoms with E-state index in [4.69, 9.17) is 4.74 Å². The molecule has 0 unspecified atom stereocenters. The van der Waals surface area contributed by atoms with Gasteiger partial charge < -0.3 is 10.1 Å². The van der Waals surface area contributed by atoms with E-state index in [1.807, 2.05) is 12.1 Å². The van der Waals surface area contributed by atoms with E-state index in [-0.39, 0.29) is 11.1 Å². The van der Waals surface area contributed by atoms with Gasteiger partial charge in [-0.15, -0.1) is 5.10 Å². The fourth-order valence-corrected chi connectivity index (χ4v) is 6.52. The van der Waals surface area contributed by atoms with Crippen molar-refractivity contribution in [3.8, 4) is 17.0 Å². The fourth-order valence-electron chi connectivity index (χ4n) is 5.17. The second-order valence-electron chi connectivity index (χ2n) is 9.61. The minimum absolute atomic E-state index is 0.128. The van der Waals surface area contributed by atoms with Gasteiger partial charge >= 0.3 is 0 Å². The number of hydrogen-bond donors (Lipinski definition) is 2. The first kappa shape index (κ1) is 23.4. The average molecular weight is 510 g/mol. The zero-order valence-electron chi connectivity index (χ0n) is 20.2. The molecule has 0 spiro atoms. The van der Waals surface area contributed by atoms with Crippen LogP contribution in [0.1, 0.15) is 36.8 Å². The van der Waals surface area contributed by atoms with Crippen LogP contribution in [0.4, 0.5) is 11.6 Å². The van der Waals surface area contributed by atoms with Gasteiger partial charge in [0.15, 0.2) is 0 Å². The van der Waals surface area contributed by atoms with E-state index in [0.29, 0.717) is 25.6 Å². The Morgan fingerprint density at radius 1 is 1.03 bits per heavy atom. The molecule has 2 saturated heterocycles. The molecular weight excluding hydrogens is 478 g/mol. The standard InChI is InChI=1S/C25H31N7O3S/c33-36(34,32-13-4-14-32)25-28-24(29-30-25)27-23-20-6-3-5-18(20)7-8-21(23)19-9-10-26-22(17-19)35-16-15-31-11-1-2-12-31/h7-10,17H,1-6,11-16H2,(H2,27,28,29,30). The number of H-pyrrole nitrogens is 1. The smallest absolute Gasteiger partial charge is 0.278 e. The molecule has 0 saturated carbocycles. The number of nitrogens with zero attached hydrogens (tertiary/aromatic N) is 5. The average Bonchev–Trinajstić information content (AvgIpc) is 3.60. The monoisotopic (exact) mass is 509 g/mol. The highest BCUT2D eigenvalue weighted by Gasteiger charge is 2.32. The molecule has 10 nitrogen and oxygen atoms in total. The SMILES string of the molecule is O=S(=O)(c1nc(Nc2c(-c3ccnc(OCCN4CCCC4)c3)ccc3c2CCC3)n[nH]1)N1CCC1. The molecule has 0 atom stereocenters. The van der Waals surface area contributed by atoms with Crippen molar-refractivity contribution in [2.75, 3.05) is 44.6 Å². The number of sulfonamides is 1. The summed E-state index contributed by atoms with van der Waals surface area (Å²) in [5, 5.41) is 10.00. The van der Waals surface area contributed by atoms with Gasteiger partial charge in [0.1, 0.15) is 6.61 Å². The fraction of sp³-hybridized carbons (Fsp3) is 0.480. The lowest BCUT2D eigenvalue weighted by molar-refractivity contribution is 0.232. The minimum atomic E-state index is -3.63. The van der Waals surface area contributed by atoms with Crippen LogP contribution in [0, 0.1) is 0 Å². The van der Waals surface area contributed by atoms with Crippen LogP contribution in [0.2, 0.25) is 0 Å². The summed E-state index contributed by atoms with van der Waals surface area (Å²) in [7, 11) is -3.63. The van der Waals surface area contributed by atoms with Gasteiger partial charge in [-0.1, -0.05) is 12.1 Å². The van der Waals surface area contributed by atoms with Gasteiger partial charge in [-0.3, -0.25) is 4.90 Å². The maximum Gasteiger partial charge on any atom is 0.278 e. The third-order valence-corrected chi connectivity index (χ3v) is 9.00. The number of aromatic nitrogens is 4. The highest BCUT2D eigenvalue weighted by atomic mass is 32.2. The van der Waals surface area contributed by atoms with Crippen LogP contribution in [0.15, 0.2) is 35.6 Å². The first-order valence-corrected chi connectivity index (χ1v) is 14.2. The minimum Gasteiger partial charge on any atom is -0.476 e. The van der Waals surface area contributed by atoms with Crippen LogP contribution in [-0.4, -0.2) is 77.1 Å². The number of aromatic amines is 1. The topological polar surface area (TPSA) is 116 Å². The molecule has 2 aromatic heterocycles. The van der Waals surface area contributed by atoms with Gasteiger partial charge in [-0.2, -0.15) is 9.29 Å². The van der Waals surface area contributed by atoms with Gasteiger partial charge in [0.2, 0.25) is 11.8 Å². The molecule has 6 rings (SSSR count). The molecule has 2 aliphatic heterocycles. The van der Waals surface area contributed by atoms with E-state index in [2.05, 4.69) is 42.5 Å². The van der Waals surface area contributed by atoms with Crippen molar-refractivity contribution >= 4 is 21.7 Å². The summed E-state index contributed by atoms with van der Waals surface area (Å²) >= 11 is 0. The highest BCUT2D eigenvalue weighted by Crippen LogP contribution is 2.39. The number of nitrogens with one attached hydrogen (secondary N) is 2. The molecule has 0 bridgehead atoms. The third kappa shape index (κ3) is 4.58. The van der Waals surface area contributed by atoms with Crippen LogP contribution >= 0.6 is 0 Å². The van der Waals surface area contributed by atoms with Gasteiger partial charge in [0, 0.05) is 37.5 Å².